The van der Waals surface area contributed by atoms with Gasteiger partial charge >= 0.3 is 0 Å². The molecule has 10 heavy (non-hydrogen) atoms. The third-order valence-corrected chi connectivity index (χ3v) is 1.57. The molecule has 0 aliphatic rings. The van der Waals surface area contributed by atoms with Gasteiger partial charge in [-0.1, -0.05) is 6.07 Å². The molecule has 1 rings (SSSR count). The Balaban J connectivity index is 2.97. The van der Waals surface area contributed by atoms with Crippen molar-refractivity contribution in [1.29, 1.82) is 0 Å². The Labute approximate surface area is 66.0 Å². The fourth-order valence-electron chi connectivity index (χ4n) is 0.714. The highest BCUT2D eigenvalue weighted by Crippen LogP contribution is 2.25. The second kappa shape index (κ2) is 2.59. The number of alkyl halides is 1. The van der Waals surface area contributed by atoms with E-state index in [0.717, 1.165) is 5.56 Å². The molecule has 0 amide bonds. The summed E-state index contributed by atoms with van der Waals surface area (Å²) in [5.74, 6) is 0. The van der Waals surface area contributed by atoms with Crippen molar-refractivity contribution in [2.75, 3.05) is 0 Å². The molecule has 0 saturated heterocycles. The Morgan fingerprint density at radius 1 is 1.50 bits per heavy atom. The summed E-state index contributed by atoms with van der Waals surface area (Å²) in [6, 6.07) is 3.86. The predicted octanol–water partition coefficient (Wildman–Crippen LogP) is 2.56. The lowest BCUT2D eigenvalue weighted by Gasteiger charge is -2.14. The molecular formula is C8H10ClN. The van der Waals surface area contributed by atoms with Crippen LogP contribution in [0.4, 0.5) is 0 Å². The molecule has 0 fully saturated rings. The third kappa shape index (κ3) is 1.71. The molecule has 0 unspecified atom stereocenters. The maximum Gasteiger partial charge on any atom is 0.0653 e. The minimum absolute atomic E-state index is 0.297. The van der Waals surface area contributed by atoms with Crippen LogP contribution in [0, 0.1) is 0 Å². The lowest BCUT2D eigenvalue weighted by atomic mass is 10.1. The molecule has 1 aromatic heterocycles. The zero-order valence-electron chi connectivity index (χ0n) is 6.13. The van der Waals surface area contributed by atoms with Gasteiger partial charge in [-0.3, -0.25) is 4.98 Å². The van der Waals surface area contributed by atoms with Crippen LogP contribution in [0.25, 0.3) is 0 Å². The van der Waals surface area contributed by atoms with Gasteiger partial charge in [-0.05, 0) is 25.5 Å². The van der Waals surface area contributed by atoms with Crippen molar-refractivity contribution in [3.8, 4) is 0 Å². The topological polar surface area (TPSA) is 12.9 Å². The minimum atomic E-state index is -0.297. The van der Waals surface area contributed by atoms with Gasteiger partial charge in [-0.25, -0.2) is 0 Å². The summed E-state index contributed by atoms with van der Waals surface area (Å²) in [5.41, 5.74) is 1.05. The Bertz CT molecular complexity index is 200. The Hall–Kier alpha value is -0.560. The summed E-state index contributed by atoms with van der Waals surface area (Å²) < 4.78 is 0. The van der Waals surface area contributed by atoms with Gasteiger partial charge < -0.3 is 0 Å². The molecule has 0 atom stereocenters. The van der Waals surface area contributed by atoms with Crippen molar-refractivity contribution < 1.29 is 0 Å². The molecule has 1 heterocycles. The smallest absolute Gasteiger partial charge is 0.0653 e. The second-order valence-electron chi connectivity index (χ2n) is 2.71. The van der Waals surface area contributed by atoms with Crippen LogP contribution in [0.1, 0.15) is 19.4 Å². The highest BCUT2D eigenvalue weighted by atomic mass is 35.5. The Morgan fingerprint density at radius 2 is 2.20 bits per heavy atom. The molecule has 1 aromatic rings. The largest absolute Gasteiger partial charge is 0.264 e. The number of pyridine rings is 1. The first-order valence-corrected chi connectivity index (χ1v) is 3.58. The number of hydrogen-bond acceptors (Lipinski definition) is 1. The van der Waals surface area contributed by atoms with Crippen LogP contribution in [0.5, 0.6) is 0 Å². The van der Waals surface area contributed by atoms with E-state index in [1.165, 1.54) is 0 Å². The van der Waals surface area contributed by atoms with Gasteiger partial charge in [0.2, 0.25) is 0 Å². The zero-order chi connectivity index (χ0) is 7.61. The van der Waals surface area contributed by atoms with E-state index in [2.05, 4.69) is 4.98 Å². The Kier molecular flexibility index (Phi) is 1.95. The fraction of sp³-hybridized carbons (Fsp3) is 0.375. The standard InChI is InChI=1S/C8H10ClN/c1-8(2,9)7-4-3-5-10-6-7/h3-6H,1-2H3. The molecule has 2 heteroatoms. The maximum atomic E-state index is 6.02. The first kappa shape index (κ1) is 7.55. The van der Waals surface area contributed by atoms with Crippen LogP contribution in [-0.4, -0.2) is 4.98 Å². The fourth-order valence-corrected chi connectivity index (χ4v) is 0.826. The van der Waals surface area contributed by atoms with Crippen molar-refractivity contribution >= 4 is 11.6 Å². The third-order valence-electron chi connectivity index (χ3n) is 1.35. The van der Waals surface area contributed by atoms with E-state index >= 15 is 0 Å². The van der Waals surface area contributed by atoms with Crippen molar-refractivity contribution in [3.05, 3.63) is 30.1 Å². The lowest BCUT2D eigenvalue weighted by molar-refractivity contribution is 0.760. The molecule has 54 valence electrons. The van der Waals surface area contributed by atoms with Crippen LogP contribution in [0.2, 0.25) is 0 Å². The summed E-state index contributed by atoms with van der Waals surface area (Å²) in [6.07, 6.45) is 3.53. The van der Waals surface area contributed by atoms with Crippen LogP contribution in [0.3, 0.4) is 0 Å². The summed E-state index contributed by atoms with van der Waals surface area (Å²) in [5, 5.41) is 0. The van der Waals surface area contributed by atoms with E-state index in [4.69, 9.17) is 11.6 Å². The van der Waals surface area contributed by atoms with Gasteiger partial charge in [0.15, 0.2) is 0 Å². The quantitative estimate of drug-likeness (QED) is 0.568. The lowest BCUT2D eigenvalue weighted by Crippen LogP contribution is -2.06. The number of aromatic nitrogens is 1. The van der Waals surface area contributed by atoms with Gasteiger partial charge in [0.05, 0.1) is 4.87 Å². The van der Waals surface area contributed by atoms with E-state index in [1.807, 2.05) is 26.0 Å². The molecule has 0 radical (unpaired) electrons. The minimum Gasteiger partial charge on any atom is -0.264 e. The molecule has 1 nitrogen and oxygen atoms in total. The van der Waals surface area contributed by atoms with Crippen LogP contribution in [0.15, 0.2) is 24.5 Å². The van der Waals surface area contributed by atoms with E-state index in [1.54, 1.807) is 12.4 Å². The molecule has 0 bridgehead atoms. The van der Waals surface area contributed by atoms with E-state index < -0.39 is 0 Å². The molecule has 0 N–H and O–H groups in total. The average molecular weight is 156 g/mol. The van der Waals surface area contributed by atoms with Gasteiger partial charge in [0.25, 0.3) is 0 Å². The summed E-state index contributed by atoms with van der Waals surface area (Å²) >= 11 is 6.02. The molecule has 0 saturated carbocycles. The summed E-state index contributed by atoms with van der Waals surface area (Å²) in [4.78, 5) is 3.67. The van der Waals surface area contributed by atoms with Gasteiger partial charge in [-0.15, -0.1) is 11.6 Å². The number of nitrogens with zero attached hydrogens (tertiary/aromatic N) is 1. The first-order chi connectivity index (χ1) is 4.61. The Morgan fingerprint density at radius 3 is 2.50 bits per heavy atom. The van der Waals surface area contributed by atoms with Crippen LogP contribution < -0.4 is 0 Å². The van der Waals surface area contributed by atoms with Crippen molar-refractivity contribution in [3.63, 3.8) is 0 Å². The molecule has 0 aromatic carbocycles. The van der Waals surface area contributed by atoms with Crippen molar-refractivity contribution in [2.45, 2.75) is 18.7 Å². The monoisotopic (exact) mass is 155 g/mol. The van der Waals surface area contributed by atoms with Gasteiger partial charge in [-0.2, -0.15) is 0 Å². The maximum absolute atomic E-state index is 6.02. The number of hydrogen-bond donors (Lipinski definition) is 0. The predicted molar refractivity (Wildman–Crippen MR) is 43.1 cm³/mol. The van der Waals surface area contributed by atoms with Crippen LogP contribution >= 0.6 is 11.6 Å². The van der Waals surface area contributed by atoms with Crippen molar-refractivity contribution in [2.24, 2.45) is 0 Å². The summed E-state index contributed by atoms with van der Waals surface area (Å²) in [7, 11) is 0. The summed E-state index contributed by atoms with van der Waals surface area (Å²) in [6.45, 7) is 3.90. The van der Waals surface area contributed by atoms with Crippen LogP contribution in [-0.2, 0) is 4.87 Å². The number of halogens is 1. The highest BCUT2D eigenvalue weighted by Gasteiger charge is 2.15. The molecular weight excluding hydrogens is 146 g/mol. The normalized spacial score (nSPS) is 11.5. The SMILES string of the molecule is CC(C)(Cl)c1cccnc1. The van der Waals surface area contributed by atoms with E-state index in [9.17, 15) is 0 Å². The van der Waals surface area contributed by atoms with Gasteiger partial charge in [0.1, 0.15) is 0 Å². The van der Waals surface area contributed by atoms with E-state index in [0.29, 0.717) is 0 Å². The highest BCUT2D eigenvalue weighted by molar-refractivity contribution is 6.23. The molecule has 0 spiro atoms. The van der Waals surface area contributed by atoms with Crippen molar-refractivity contribution in [1.82, 2.24) is 4.98 Å². The molecule has 0 aliphatic carbocycles. The van der Waals surface area contributed by atoms with E-state index in [-0.39, 0.29) is 4.87 Å². The van der Waals surface area contributed by atoms with Gasteiger partial charge in [0, 0.05) is 12.4 Å². The zero-order valence-corrected chi connectivity index (χ0v) is 6.89. The average Bonchev–Trinajstić information content (AvgIpc) is 1.88. The first-order valence-electron chi connectivity index (χ1n) is 3.20. The second-order valence-corrected chi connectivity index (χ2v) is 3.66. The molecule has 0 aliphatic heterocycles. The number of rotatable bonds is 1.